The molecule has 0 aromatic carbocycles. The number of ether oxygens (including phenoxy) is 2. The minimum Gasteiger partial charge on any atom is -0.365 e. The molecule has 2 N–H and O–H groups in total. The minimum atomic E-state index is -5.00. The van der Waals surface area contributed by atoms with Crippen LogP contribution in [0.25, 0.3) is 0 Å². The predicted molar refractivity (Wildman–Crippen MR) is 115 cm³/mol. The van der Waals surface area contributed by atoms with Gasteiger partial charge in [0.05, 0.1) is 6.04 Å². The van der Waals surface area contributed by atoms with Crippen LogP contribution in [-0.4, -0.2) is 78.8 Å². The number of fused-ring (bicyclic) bond motifs is 1. The Kier molecular flexibility index (Phi) is 7.42. The monoisotopic (exact) mass is 503 g/mol. The van der Waals surface area contributed by atoms with Gasteiger partial charge in [-0.15, -0.1) is 13.2 Å². The first-order valence-corrected chi connectivity index (χ1v) is 12.2. The number of ketones is 1. The molecule has 6 unspecified atom stereocenters. The molecule has 4 fully saturated rings. The molecule has 3 amide bonds. The lowest BCUT2D eigenvalue weighted by Gasteiger charge is -2.34. The number of nitrogens with zero attached hydrogens (tertiary/aromatic N) is 1. The second kappa shape index (κ2) is 10.0. The van der Waals surface area contributed by atoms with E-state index in [0.717, 1.165) is 25.7 Å². The van der Waals surface area contributed by atoms with Gasteiger partial charge in [-0.1, -0.05) is 6.42 Å². The zero-order valence-electron chi connectivity index (χ0n) is 19.7. The Balaban J connectivity index is 1.52. The van der Waals surface area contributed by atoms with Crippen molar-refractivity contribution < 1.29 is 41.8 Å². The molecule has 3 heterocycles. The van der Waals surface area contributed by atoms with E-state index < -0.39 is 48.3 Å². The van der Waals surface area contributed by atoms with Crippen molar-refractivity contribution in [2.45, 2.75) is 75.9 Å². The van der Waals surface area contributed by atoms with Crippen molar-refractivity contribution in [2.75, 3.05) is 26.3 Å². The van der Waals surface area contributed by atoms with Gasteiger partial charge in [-0.25, -0.2) is 0 Å². The Labute approximate surface area is 201 Å². The highest BCUT2D eigenvalue weighted by molar-refractivity contribution is 5.96. The SMILES string of the molecule is CC1(C(=O)N2CC3CCCC3C2C(=O)NC(CC2CCNC2=O)C(=O)COC(F)(F)F)CCCO1. The lowest BCUT2D eigenvalue weighted by molar-refractivity contribution is -0.321. The third-order valence-electron chi connectivity index (χ3n) is 7.86. The van der Waals surface area contributed by atoms with E-state index in [0.29, 0.717) is 32.5 Å². The molecule has 0 radical (unpaired) electrons. The van der Waals surface area contributed by atoms with Crippen molar-refractivity contribution in [1.82, 2.24) is 15.5 Å². The average molecular weight is 504 g/mol. The van der Waals surface area contributed by atoms with E-state index in [-0.39, 0.29) is 30.1 Å². The molecule has 9 nitrogen and oxygen atoms in total. The van der Waals surface area contributed by atoms with Gasteiger partial charge in [0.1, 0.15) is 18.2 Å². The number of amides is 3. The lowest BCUT2D eigenvalue weighted by Crippen LogP contribution is -2.57. The smallest absolute Gasteiger partial charge is 0.365 e. The largest absolute Gasteiger partial charge is 0.522 e. The van der Waals surface area contributed by atoms with Crippen molar-refractivity contribution in [3.05, 3.63) is 0 Å². The van der Waals surface area contributed by atoms with E-state index in [4.69, 9.17) is 4.74 Å². The van der Waals surface area contributed by atoms with Crippen LogP contribution in [0.15, 0.2) is 0 Å². The van der Waals surface area contributed by atoms with Gasteiger partial charge in [-0.2, -0.15) is 0 Å². The zero-order valence-corrected chi connectivity index (χ0v) is 19.7. The van der Waals surface area contributed by atoms with E-state index in [1.807, 2.05) is 0 Å². The normalized spacial score (nSPS) is 33.5. The lowest BCUT2D eigenvalue weighted by atomic mass is 9.91. The van der Waals surface area contributed by atoms with Crippen molar-refractivity contribution in [3.8, 4) is 0 Å². The van der Waals surface area contributed by atoms with Crippen molar-refractivity contribution in [3.63, 3.8) is 0 Å². The molecule has 0 bridgehead atoms. The van der Waals surface area contributed by atoms with E-state index in [1.54, 1.807) is 6.92 Å². The van der Waals surface area contributed by atoms with Gasteiger partial charge in [0.2, 0.25) is 11.8 Å². The van der Waals surface area contributed by atoms with Crippen molar-refractivity contribution >= 4 is 23.5 Å². The summed E-state index contributed by atoms with van der Waals surface area (Å²) in [6.45, 7) is 1.70. The number of alkyl halides is 3. The van der Waals surface area contributed by atoms with Gasteiger partial charge < -0.3 is 20.3 Å². The van der Waals surface area contributed by atoms with Crippen LogP contribution < -0.4 is 10.6 Å². The molecule has 12 heteroatoms. The molecular formula is C23H32F3N3O6. The number of hydrogen-bond acceptors (Lipinski definition) is 6. The Hall–Kier alpha value is -2.21. The number of likely N-dealkylation sites (tertiary alicyclic amines) is 1. The first-order chi connectivity index (χ1) is 16.5. The van der Waals surface area contributed by atoms with Gasteiger partial charge in [0, 0.05) is 25.6 Å². The second-order valence-electron chi connectivity index (χ2n) is 10.2. The van der Waals surface area contributed by atoms with Gasteiger partial charge in [0.15, 0.2) is 5.78 Å². The number of carbonyl (C=O) groups is 4. The summed E-state index contributed by atoms with van der Waals surface area (Å²) in [6.07, 6.45) is -0.918. The molecule has 0 spiro atoms. The van der Waals surface area contributed by atoms with Gasteiger partial charge in [-0.3, -0.25) is 23.9 Å². The molecule has 6 atom stereocenters. The fourth-order valence-electron chi connectivity index (χ4n) is 6.04. The summed E-state index contributed by atoms with van der Waals surface area (Å²) in [5.74, 6) is -2.71. The van der Waals surface area contributed by atoms with E-state index >= 15 is 0 Å². The number of halogens is 3. The summed E-state index contributed by atoms with van der Waals surface area (Å²) in [4.78, 5) is 53.2. The number of nitrogens with one attached hydrogen (secondary N) is 2. The number of hydrogen-bond donors (Lipinski definition) is 2. The maximum atomic E-state index is 13.5. The van der Waals surface area contributed by atoms with E-state index in [2.05, 4.69) is 15.4 Å². The number of Topliss-reactive ketones (excluding diaryl/α,β-unsaturated/α-hetero) is 1. The van der Waals surface area contributed by atoms with Crippen LogP contribution in [-0.2, 0) is 28.7 Å². The third kappa shape index (κ3) is 5.63. The highest BCUT2D eigenvalue weighted by atomic mass is 19.4. The average Bonchev–Trinajstić information content (AvgIpc) is 3.56. The van der Waals surface area contributed by atoms with Crippen molar-refractivity contribution in [2.24, 2.45) is 17.8 Å². The van der Waals surface area contributed by atoms with Crippen LogP contribution in [0, 0.1) is 17.8 Å². The highest BCUT2D eigenvalue weighted by Gasteiger charge is 2.53. The quantitative estimate of drug-likeness (QED) is 0.516. The predicted octanol–water partition coefficient (Wildman–Crippen LogP) is 1.30. The van der Waals surface area contributed by atoms with Crippen LogP contribution in [0.4, 0.5) is 13.2 Å². The van der Waals surface area contributed by atoms with Gasteiger partial charge in [0.25, 0.3) is 5.91 Å². The summed E-state index contributed by atoms with van der Waals surface area (Å²) < 4.78 is 47.0. The Bertz CT molecular complexity index is 860. The van der Waals surface area contributed by atoms with Crippen LogP contribution in [0.2, 0.25) is 0 Å². The van der Waals surface area contributed by atoms with E-state index in [1.165, 1.54) is 4.90 Å². The van der Waals surface area contributed by atoms with Crippen LogP contribution in [0.5, 0.6) is 0 Å². The molecule has 1 aliphatic carbocycles. The molecule has 3 aliphatic heterocycles. The van der Waals surface area contributed by atoms with Crippen LogP contribution in [0.3, 0.4) is 0 Å². The third-order valence-corrected chi connectivity index (χ3v) is 7.86. The minimum absolute atomic E-state index is 0.0964. The fourth-order valence-corrected chi connectivity index (χ4v) is 6.04. The maximum absolute atomic E-state index is 13.5. The summed E-state index contributed by atoms with van der Waals surface area (Å²) in [5, 5.41) is 5.22. The van der Waals surface area contributed by atoms with Crippen molar-refractivity contribution in [1.29, 1.82) is 0 Å². The van der Waals surface area contributed by atoms with Gasteiger partial charge in [-0.05, 0) is 57.3 Å². The van der Waals surface area contributed by atoms with Crippen LogP contribution >= 0.6 is 0 Å². The molecule has 196 valence electrons. The van der Waals surface area contributed by atoms with E-state index in [9.17, 15) is 32.3 Å². The zero-order chi connectivity index (χ0) is 25.4. The number of rotatable bonds is 8. The van der Waals surface area contributed by atoms with Crippen LogP contribution in [0.1, 0.15) is 51.9 Å². The second-order valence-corrected chi connectivity index (χ2v) is 10.2. The summed E-state index contributed by atoms with van der Waals surface area (Å²) in [6, 6.07) is -2.18. The fraction of sp³-hybridized carbons (Fsp3) is 0.826. The molecule has 35 heavy (non-hydrogen) atoms. The molecule has 3 saturated heterocycles. The first-order valence-electron chi connectivity index (χ1n) is 12.2. The Morgan fingerprint density at radius 3 is 2.66 bits per heavy atom. The van der Waals surface area contributed by atoms with Gasteiger partial charge >= 0.3 is 6.36 Å². The Morgan fingerprint density at radius 2 is 2.03 bits per heavy atom. The molecule has 0 aromatic heterocycles. The molecule has 4 rings (SSSR count). The first kappa shape index (κ1) is 25.9. The highest BCUT2D eigenvalue weighted by Crippen LogP contribution is 2.44. The topological polar surface area (TPSA) is 114 Å². The summed E-state index contributed by atoms with van der Waals surface area (Å²) in [5.41, 5.74) is -1.02. The molecule has 1 saturated carbocycles. The Morgan fingerprint density at radius 1 is 1.26 bits per heavy atom. The molecular weight excluding hydrogens is 471 g/mol. The number of carbonyl (C=O) groups excluding carboxylic acids is 4. The standard InChI is InChI=1S/C23H32F3N3O6/c1-22(7-3-9-34-22)21(33)29-11-14-4-2-5-15(14)18(29)20(32)28-16(10-13-6-8-27-19(13)31)17(30)12-35-23(24,25)26/h13-16,18H,2-12H2,1H3,(H,27,31)(H,28,32). The summed E-state index contributed by atoms with van der Waals surface area (Å²) >= 11 is 0. The summed E-state index contributed by atoms with van der Waals surface area (Å²) in [7, 11) is 0. The molecule has 4 aliphatic rings. The molecule has 0 aromatic rings. The maximum Gasteiger partial charge on any atom is 0.522 e.